The topological polar surface area (TPSA) is 128 Å². The summed E-state index contributed by atoms with van der Waals surface area (Å²) in [7, 11) is 0. The molecule has 0 aliphatic carbocycles. The van der Waals surface area contributed by atoms with Crippen molar-refractivity contribution < 1.29 is 29.0 Å². The summed E-state index contributed by atoms with van der Waals surface area (Å²) in [4.78, 5) is 35.6. The van der Waals surface area contributed by atoms with Gasteiger partial charge in [0, 0.05) is 11.3 Å². The number of carbonyl (C=O) groups is 3. The second kappa shape index (κ2) is 9.09. The monoisotopic (exact) mass is 406 g/mol. The molecule has 2 aromatic carbocycles. The number of phenolic OH excluding ortho intramolecular Hbond substituents is 1. The quantitative estimate of drug-likeness (QED) is 0.606. The minimum atomic E-state index is -1.12. The summed E-state index contributed by atoms with van der Waals surface area (Å²) in [5.74, 6) is -2.22. The molecule has 0 unspecified atom stereocenters. The molecule has 0 aromatic heterocycles. The van der Waals surface area contributed by atoms with Crippen LogP contribution in [0.2, 0.25) is 5.02 Å². The van der Waals surface area contributed by atoms with Crippen LogP contribution in [0.3, 0.4) is 0 Å². The van der Waals surface area contributed by atoms with Gasteiger partial charge >= 0.3 is 5.97 Å². The third-order valence-corrected chi connectivity index (χ3v) is 3.94. The van der Waals surface area contributed by atoms with Crippen molar-refractivity contribution in [3.63, 3.8) is 0 Å². The van der Waals surface area contributed by atoms with Crippen LogP contribution in [0.15, 0.2) is 36.4 Å². The maximum Gasteiger partial charge on any atom is 0.339 e. The Morgan fingerprint density at radius 2 is 1.82 bits per heavy atom. The molecule has 0 radical (unpaired) electrons. The van der Waals surface area contributed by atoms with Gasteiger partial charge in [0.2, 0.25) is 5.91 Å². The van der Waals surface area contributed by atoms with Crippen molar-refractivity contribution in [1.29, 1.82) is 0 Å². The summed E-state index contributed by atoms with van der Waals surface area (Å²) in [6.07, 6.45) is -1.12. The normalized spacial score (nSPS) is 11.4. The predicted molar refractivity (Wildman–Crippen MR) is 103 cm³/mol. The molecule has 0 fully saturated rings. The second-order valence-corrected chi connectivity index (χ2v) is 6.12. The molecule has 2 amide bonds. The van der Waals surface area contributed by atoms with Gasteiger partial charge in [-0.05, 0) is 50.2 Å². The number of nitrogens with one attached hydrogen (secondary N) is 1. The Labute approximate surface area is 166 Å². The Balaban J connectivity index is 2.05. The zero-order chi connectivity index (χ0) is 20.8. The lowest BCUT2D eigenvalue weighted by molar-refractivity contribution is -0.123. The molecule has 0 saturated heterocycles. The summed E-state index contributed by atoms with van der Waals surface area (Å²) < 4.78 is 10.4. The minimum absolute atomic E-state index is 0.0247. The fourth-order valence-corrected chi connectivity index (χ4v) is 2.41. The molecule has 0 spiro atoms. The number of primary amides is 1. The molecule has 0 heterocycles. The van der Waals surface area contributed by atoms with Gasteiger partial charge in [-0.25, -0.2) is 4.79 Å². The number of aromatic hydroxyl groups is 1. The zero-order valence-electron chi connectivity index (χ0n) is 15.2. The van der Waals surface area contributed by atoms with Crippen molar-refractivity contribution in [2.45, 2.75) is 20.0 Å². The average molecular weight is 407 g/mol. The van der Waals surface area contributed by atoms with Crippen LogP contribution in [-0.4, -0.2) is 35.6 Å². The van der Waals surface area contributed by atoms with Crippen LogP contribution < -0.4 is 15.8 Å². The number of carbonyl (C=O) groups excluding carboxylic acids is 3. The number of anilines is 1. The van der Waals surface area contributed by atoms with Crippen molar-refractivity contribution in [2.75, 3.05) is 11.9 Å². The van der Waals surface area contributed by atoms with E-state index in [9.17, 15) is 19.5 Å². The van der Waals surface area contributed by atoms with Gasteiger partial charge in [0.15, 0.2) is 17.6 Å². The Hall–Kier alpha value is -3.26. The van der Waals surface area contributed by atoms with Crippen molar-refractivity contribution in [3.8, 4) is 11.5 Å². The molecule has 28 heavy (non-hydrogen) atoms. The van der Waals surface area contributed by atoms with E-state index in [4.69, 9.17) is 26.8 Å². The van der Waals surface area contributed by atoms with Crippen LogP contribution in [-0.2, 0) is 9.53 Å². The highest BCUT2D eigenvalue weighted by Gasteiger charge is 2.21. The number of hydrogen-bond acceptors (Lipinski definition) is 6. The molecule has 2 aromatic rings. The summed E-state index contributed by atoms with van der Waals surface area (Å²) in [6.45, 7) is 3.37. The average Bonchev–Trinajstić information content (AvgIpc) is 2.65. The molecular formula is C19H19ClN2O6. The number of hydrogen-bond donors (Lipinski definition) is 3. The van der Waals surface area contributed by atoms with Gasteiger partial charge in [0.1, 0.15) is 0 Å². The van der Waals surface area contributed by atoms with Gasteiger partial charge in [0.05, 0.1) is 17.2 Å². The fraction of sp³-hybridized carbons (Fsp3) is 0.211. The van der Waals surface area contributed by atoms with Crippen molar-refractivity contribution in [1.82, 2.24) is 0 Å². The third kappa shape index (κ3) is 5.14. The number of benzene rings is 2. The van der Waals surface area contributed by atoms with E-state index in [2.05, 4.69) is 5.32 Å². The molecule has 148 valence electrons. The standard InChI is InChI=1S/C19H19ClN2O6/c1-3-27-15-9-12(8-14(20)16(15)23)19(26)28-10(2)18(25)22-13-6-4-11(5-7-13)17(21)24/h4-10,23H,3H2,1-2H3,(H2,21,24)(H,22,25)/t10-/m1/s1. The highest BCUT2D eigenvalue weighted by molar-refractivity contribution is 6.32. The van der Waals surface area contributed by atoms with Gasteiger partial charge in [-0.3, -0.25) is 9.59 Å². The Morgan fingerprint density at radius 3 is 2.39 bits per heavy atom. The van der Waals surface area contributed by atoms with Gasteiger partial charge in [-0.1, -0.05) is 11.6 Å². The first kappa shape index (κ1) is 21.0. The number of halogens is 1. The Kier molecular flexibility index (Phi) is 6.84. The van der Waals surface area contributed by atoms with E-state index in [1.807, 2.05) is 0 Å². The number of nitrogens with two attached hydrogens (primary N) is 1. The van der Waals surface area contributed by atoms with Crippen LogP contribution >= 0.6 is 11.6 Å². The first-order valence-electron chi connectivity index (χ1n) is 8.30. The Morgan fingerprint density at radius 1 is 1.18 bits per heavy atom. The van der Waals surface area contributed by atoms with E-state index >= 15 is 0 Å². The minimum Gasteiger partial charge on any atom is -0.503 e. The van der Waals surface area contributed by atoms with Crippen LogP contribution in [0.1, 0.15) is 34.6 Å². The lowest BCUT2D eigenvalue weighted by Gasteiger charge is -2.15. The number of rotatable bonds is 7. The highest BCUT2D eigenvalue weighted by Crippen LogP contribution is 2.35. The van der Waals surface area contributed by atoms with E-state index in [1.54, 1.807) is 6.92 Å². The van der Waals surface area contributed by atoms with E-state index in [-0.39, 0.29) is 28.7 Å². The van der Waals surface area contributed by atoms with Gasteiger partial charge in [-0.15, -0.1) is 0 Å². The van der Waals surface area contributed by atoms with Gasteiger partial charge < -0.3 is 25.6 Å². The highest BCUT2D eigenvalue weighted by atomic mass is 35.5. The largest absolute Gasteiger partial charge is 0.503 e. The summed E-state index contributed by atoms with van der Waals surface area (Å²) in [5.41, 5.74) is 5.88. The van der Waals surface area contributed by atoms with Gasteiger partial charge in [0.25, 0.3) is 5.91 Å². The van der Waals surface area contributed by atoms with Crippen LogP contribution in [0.25, 0.3) is 0 Å². The molecular weight excluding hydrogens is 388 g/mol. The molecule has 1 atom stereocenters. The summed E-state index contributed by atoms with van der Waals surface area (Å²) >= 11 is 5.89. The van der Waals surface area contributed by atoms with E-state index < -0.39 is 23.9 Å². The zero-order valence-corrected chi connectivity index (χ0v) is 15.9. The lowest BCUT2D eigenvalue weighted by atomic mass is 10.2. The summed E-state index contributed by atoms with van der Waals surface area (Å²) in [5, 5.41) is 12.3. The molecule has 4 N–H and O–H groups in total. The van der Waals surface area contributed by atoms with Crippen LogP contribution in [0.4, 0.5) is 5.69 Å². The third-order valence-electron chi connectivity index (χ3n) is 3.65. The molecule has 0 saturated carbocycles. The molecule has 0 aliphatic rings. The number of ether oxygens (including phenoxy) is 2. The van der Waals surface area contributed by atoms with Crippen molar-refractivity contribution in [2.24, 2.45) is 5.73 Å². The second-order valence-electron chi connectivity index (χ2n) is 5.72. The van der Waals surface area contributed by atoms with E-state index in [1.165, 1.54) is 43.3 Å². The summed E-state index contributed by atoms with van der Waals surface area (Å²) in [6, 6.07) is 8.42. The molecule has 8 nitrogen and oxygen atoms in total. The smallest absolute Gasteiger partial charge is 0.339 e. The van der Waals surface area contributed by atoms with E-state index in [0.29, 0.717) is 11.3 Å². The predicted octanol–water partition coefficient (Wildman–Crippen LogP) is 2.73. The first-order chi connectivity index (χ1) is 13.2. The molecule has 0 bridgehead atoms. The fourth-order valence-electron chi connectivity index (χ4n) is 2.20. The first-order valence-corrected chi connectivity index (χ1v) is 8.67. The molecule has 9 heteroatoms. The molecule has 0 aliphatic heterocycles. The van der Waals surface area contributed by atoms with E-state index in [0.717, 1.165) is 0 Å². The van der Waals surface area contributed by atoms with Crippen molar-refractivity contribution >= 4 is 35.1 Å². The Bertz CT molecular complexity index is 898. The number of phenols is 1. The maximum atomic E-state index is 12.3. The van der Waals surface area contributed by atoms with Crippen molar-refractivity contribution in [3.05, 3.63) is 52.5 Å². The number of esters is 1. The van der Waals surface area contributed by atoms with Crippen LogP contribution in [0, 0.1) is 0 Å². The lowest BCUT2D eigenvalue weighted by Crippen LogP contribution is -2.30. The van der Waals surface area contributed by atoms with Gasteiger partial charge in [-0.2, -0.15) is 0 Å². The molecule has 2 rings (SSSR count). The number of amides is 2. The maximum absolute atomic E-state index is 12.3. The SMILES string of the molecule is CCOc1cc(C(=O)O[C@H](C)C(=O)Nc2ccc(C(N)=O)cc2)cc(Cl)c1O. The van der Waals surface area contributed by atoms with Crippen LogP contribution in [0.5, 0.6) is 11.5 Å².